The number of urea groups is 1. The molecule has 0 saturated carbocycles. The first-order chi connectivity index (χ1) is 37.3. The number of hydrogen-bond donors (Lipinski definition) is 2. The number of ether oxygens (including phenoxy) is 4. The summed E-state index contributed by atoms with van der Waals surface area (Å²) >= 11 is 0. The Hall–Kier alpha value is -5.84. The van der Waals surface area contributed by atoms with Crippen molar-refractivity contribution in [2.45, 2.75) is 108 Å². The number of pyridine rings is 1. The number of hydrogen-bond acceptors (Lipinski definition) is 14. The van der Waals surface area contributed by atoms with Gasteiger partial charge in [-0.3, -0.25) is 34.1 Å². The topological polar surface area (TPSA) is 187 Å². The van der Waals surface area contributed by atoms with E-state index in [0.29, 0.717) is 90.3 Å². The number of aromatic nitrogens is 2. The number of benzene rings is 1. The molecule has 10 rings (SSSR count). The molecule has 8 heterocycles. The van der Waals surface area contributed by atoms with Gasteiger partial charge in [-0.1, -0.05) is 20.4 Å². The van der Waals surface area contributed by atoms with Crippen molar-refractivity contribution in [2.24, 2.45) is 5.41 Å². The van der Waals surface area contributed by atoms with Crippen LogP contribution in [-0.2, 0) is 44.7 Å². The molecular weight excluding hydrogens is 1010 g/mol. The average molecular weight is 1090 g/mol. The quantitative estimate of drug-likeness (QED) is 0.195. The van der Waals surface area contributed by atoms with Gasteiger partial charge in [0, 0.05) is 126 Å². The summed E-state index contributed by atoms with van der Waals surface area (Å²) in [6.07, 6.45) is 4.19. The normalized spacial score (nSPS) is 26.4. The molecule has 3 aromatic rings. The van der Waals surface area contributed by atoms with Gasteiger partial charge in [-0.15, -0.1) is 0 Å². The van der Waals surface area contributed by atoms with Gasteiger partial charge in [0.2, 0.25) is 5.91 Å². The van der Waals surface area contributed by atoms with Crippen LogP contribution in [0.4, 0.5) is 16.2 Å². The number of methoxy groups -OCH3 is 1. The largest absolute Gasteiger partial charge is 0.464 e. The van der Waals surface area contributed by atoms with Crippen molar-refractivity contribution in [3.8, 4) is 11.3 Å². The van der Waals surface area contributed by atoms with Crippen LogP contribution in [0.5, 0.6) is 0 Å². The number of likely N-dealkylation sites (tertiary alicyclic amines) is 1. The Kier molecular flexibility index (Phi) is 15.6. The zero-order valence-corrected chi connectivity index (χ0v) is 47.8. The van der Waals surface area contributed by atoms with Gasteiger partial charge in [0.15, 0.2) is 0 Å². The summed E-state index contributed by atoms with van der Waals surface area (Å²) in [7, 11) is 9.35. The number of allylic oxidation sites excluding steroid dienone is 1. The van der Waals surface area contributed by atoms with Crippen LogP contribution in [0.3, 0.4) is 0 Å². The lowest BCUT2D eigenvalue weighted by atomic mass is 9.67. The molecule has 5 atom stereocenters. The first-order valence-corrected chi connectivity index (χ1v) is 28.4. The summed E-state index contributed by atoms with van der Waals surface area (Å²) in [5, 5.41) is 3.74. The fourth-order valence-electron chi connectivity index (χ4n) is 13.2. The zero-order valence-electron chi connectivity index (χ0n) is 46.8. The van der Waals surface area contributed by atoms with E-state index in [2.05, 4.69) is 98.9 Å². The maximum absolute atomic E-state index is 15.2. The molecule has 7 aliphatic rings. The lowest BCUT2D eigenvalue weighted by molar-refractivity contribution is -0.157. The third kappa shape index (κ3) is 10.3. The summed E-state index contributed by atoms with van der Waals surface area (Å²) in [4.78, 5) is 88.5. The number of carbonyl (C=O) groups excluding carboxylic acids is 5. The van der Waals surface area contributed by atoms with E-state index in [1.165, 1.54) is 16.0 Å². The first kappa shape index (κ1) is 55.5. The van der Waals surface area contributed by atoms with Crippen molar-refractivity contribution in [3.05, 3.63) is 65.6 Å². The van der Waals surface area contributed by atoms with Crippen LogP contribution in [0.15, 0.2) is 54.4 Å². The van der Waals surface area contributed by atoms with E-state index in [1.54, 1.807) is 37.8 Å². The molecule has 3 radical (unpaired) electrons. The Labute approximate surface area is 461 Å². The highest BCUT2D eigenvalue weighted by Crippen LogP contribution is 2.57. The Morgan fingerprint density at radius 1 is 0.987 bits per heavy atom. The highest BCUT2D eigenvalue weighted by molar-refractivity contribution is 6.30. The number of anilines is 2. The van der Waals surface area contributed by atoms with Crippen LogP contribution in [0.2, 0.25) is 0 Å². The summed E-state index contributed by atoms with van der Waals surface area (Å²) in [6.45, 7) is 21.6. The molecule has 1 spiro atoms. The maximum Gasteiger partial charge on any atom is 0.324 e. The Bertz CT molecular complexity index is 2870. The van der Waals surface area contributed by atoms with Crippen LogP contribution in [-0.4, -0.2) is 210 Å². The van der Waals surface area contributed by atoms with Crippen molar-refractivity contribution < 1.29 is 42.9 Å². The van der Waals surface area contributed by atoms with Crippen LogP contribution in [0.1, 0.15) is 90.0 Å². The molecule has 1 aliphatic carbocycles. The van der Waals surface area contributed by atoms with E-state index in [4.69, 9.17) is 23.9 Å². The summed E-state index contributed by atoms with van der Waals surface area (Å²) in [5.74, 6) is -2.11. The van der Waals surface area contributed by atoms with Gasteiger partial charge in [-0.2, -0.15) is 0 Å². The number of nitrogens with zero attached hydrogens (tertiary/aromatic N) is 9. The van der Waals surface area contributed by atoms with Gasteiger partial charge in [-0.05, 0) is 95.0 Å². The molecule has 5 amide bonds. The predicted molar refractivity (Wildman–Crippen MR) is 297 cm³/mol. The number of fused-ring (bicyclic) bond motifs is 8. The first-order valence-electron chi connectivity index (χ1n) is 27.9. The number of morpholine rings is 2. The second-order valence-electron chi connectivity index (χ2n) is 23.3. The number of esters is 1. The smallest absolute Gasteiger partial charge is 0.324 e. The standard InChI is InChI=1S/C57H78N11O9Si/c1-10-44(69)66-26-28-77-56(34-66)16-19-64(20-17-56)54(73)62(8)48(36(3)4)51(70)59-57(78)31-39-33-65(25-27-75-39)37-14-15-43-40(29-37)45-46(55(5,6)35-76-52(71)42-13-12-18-68(60-42)53(57)72)50(74-9)47-41(49(45)67(43)11-2)30-38(32-58-47)63-23-21-61(7)22-24-63/h10,14-15,29-30,32,39,42,46,50,60H,1,11-13,16-28,31,33-35H2,2-9H3,(H,59,70)/t39-,42-,46?,50-,57+/m0/s1. The van der Waals surface area contributed by atoms with Crippen molar-refractivity contribution in [2.75, 3.05) is 123 Å². The van der Waals surface area contributed by atoms with Crippen LogP contribution in [0.25, 0.3) is 22.2 Å². The van der Waals surface area contributed by atoms with Gasteiger partial charge in [0.25, 0.3) is 11.8 Å². The van der Waals surface area contributed by atoms with E-state index >= 15 is 4.79 Å². The maximum atomic E-state index is 15.2. The highest BCUT2D eigenvalue weighted by atomic mass is 28.1. The number of likely N-dealkylation sites (N-methyl/N-ethyl adjacent to an activating group) is 2. The fraction of sp³-hybridized carbons (Fsp3) is 0.614. The lowest BCUT2D eigenvalue weighted by Crippen LogP contribution is -2.68. The number of hydrazine groups is 1. The van der Waals surface area contributed by atoms with Gasteiger partial charge >= 0.3 is 12.0 Å². The van der Waals surface area contributed by atoms with Gasteiger partial charge in [0.05, 0.1) is 71.6 Å². The highest BCUT2D eigenvalue weighted by Gasteiger charge is 2.50. The molecule has 78 heavy (non-hydrogen) atoms. The molecule has 5 saturated heterocycles. The van der Waals surface area contributed by atoms with E-state index in [0.717, 1.165) is 71.0 Å². The Morgan fingerprint density at radius 2 is 1.74 bits per heavy atom. The minimum absolute atomic E-state index is 0.000594. The monoisotopic (exact) mass is 1090 g/mol. The molecule has 1 aromatic carbocycles. The number of piperazine rings is 1. The van der Waals surface area contributed by atoms with E-state index in [9.17, 15) is 19.2 Å². The number of cyclic esters (lactones) is 1. The van der Waals surface area contributed by atoms with Crippen LogP contribution >= 0.6 is 0 Å². The predicted octanol–water partition coefficient (Wildman–Crippen LogP) is 4.14. The van der Waals surface area contributed by atoms with Gasteiger partial charge < -0.3 is 53.3 Å². The summed E-state index contributed by atoms with van der Waals surface area (Å²) in [5.41, 5.74) is 9.80. The van der Waals surface area contributed by atoms with Crippen molar-refractivity contribution in [1.82, 2.24) is 44.9 Å². The Morgan fingerprint density at radius 3 is 2.45 bits per heavy atom. The number of nitrogens with one attached hydrogen (secondary N) is 2. The number of carbonyl (C=O) groups is 5. The molecule has 6 aliphatic heterocycles. The second kappa shape index (κ2) is 22.0. The third-order valence-electron chi connectivity index (χ3n) is 17.4. The third-order valence-corrected chi connectivity index (χ3v) is 18.0. The number of aryl methyl sites for hydroxylation is 1. The van der Waals surface area contributed by atoms with Gasteiger partial charge in [-0.25, -0.2) is 10.2 Å². The van der Waals surface area contributed by atoms with Crippen molar-refractivity contribution in [1.29, 1.82) is 0 Å². The Balaban J connectivity index is 0.977. The number of piperidine rings is 1. The lowest BCUT2D eigenvalue weighted by Gasteiger charge is -2.47. The molecule has 2 N–H and O–H groups in total. The summed E-state index contributed by atoms with van der Waals surface area (Å²) < 4.78 is 28.1. The molecular formula is C57H78N11O9Si. The van der Waals surface area contributed by atoms with E-state index < -0.39 is 52.2 Å². The van der Waals surface area contributed by atoms with Crippen molar-refractivity contribution in [3.63, 3.8) is 0 Å². The molecule has 1 unspecified atom stereocenters. The van der Waals surface area contributed by atoms with Crippen LogP contribution < -0.4 is 20.5 Å². The molecule has 419 valence electrons. The molecule has 21 heteroatoms. The molecule has 6 bridgehead atoms. The zero-order chi connectivity index (χ0) is 55.4. The molecule has 5 fully saturated rings. The van der Waals surface area contributed by atoms with E-state index in [-0.39, 0.29) is 43.1 Å². The number of amides is 5. The minimum atomic E-state index is -1.78. The second-order valence-corrected chi connectivity index (χ2v) is 24.2. The summed E-state index contributed by atoms with van der Waals surface area (Å²) in [6, 6.07) is 7.66. The minimum Gasteiger partial charge on any atom is -0.464 e. The van der Waals surface area contributed by atoms with Crippen LogP contribution in [0, 0.1) is 5.41 Å². The molecule has 2 aromatic heterocycles. The fourth-order valence-corrected chi connectivity index (χ4v) is 13.7. The van der Waals surface area contributed by atoms with Gasteiger partial charge in [0.1, 0.15) is 23.0 Å². The average Bonchev–Trinajstić information content (AvgIpc) is 3.25. The number of rotatable bonds is 7. The van der Waals surface area contributed by atoms with Crippen molar-refractivity contribution >= 4 is 62.2 Å². The van der Waals surface area contributed by atoms with E-state index in [1.807, 2.05) is 6.20 Å². The molecule has 20 nitrogen and oxygen atoms in total. The SMILES string of the molecule is C=CC(=O)N1CCOC2(CCN(C(=O)N(C)C(C(=O)N[C@@]3([Si])C[C@H]4CN(CCO4)c4ccc5c(c4)c4c(n5CC)-c5cc(N6CCN(C)CC6)cnc5[C@@H](OC)C4C(C)(C)COC(=O)[C@@H]4CCCN(N4)C3=O)=C(C)C)CC2)C1.